The quantitative estimate of drug-likeness (QED) is 0.689. The van der Waals surface area contributed by atoms with E-state index in [2.05, 4.69) is 16.4 Å². The number of carbonyl (C=O) groups is 3. The summed E-state index contributed by atoms with van der Waals surface area (Å²) in [7, 11) is 0. The van der Waals surface area contributed by atoms with Gasteiger partial charge in [-0.3, -0.25) is 9.59 Å². The van der Waals surface area contributed by atoms with Gasteiger partial charge in [0.1, 0.15) is 11.6 Å². The van der Waals surface area contributed by atoms with Gasteiger partial charge in [0.2, 0.25) is 12.0 Å². The number of aromatic nitrogens is 1. The summed E-state index contributed by atoms with van der Waals surface area (Å²) < 4.78 is 9.61. The first kappa shape index (κ1) is 21.8. The Kier molecular flexibility index (Phi) is 6.37. The molecule has 3 atom stereocenters. The fraction of sp³-hybridized carbons (Fsp3) is 0.409. The lowest BCUT2D eigenvalue weighted by Crippen LogP contribution is -2.54. The number of carbonyl (C=O) groups excluding carboxylic acids is 3. The number of hydrogen-bond acceptors (Lipinski definition) is 8. The predicted molar refractivity (Wildman–Crippen MR) is 114 cm³/mol. The molecule has 2 aliphatic rings. The summed E-state index contributed by atoms with van der Waals surface area (Å²) >= 11 is 1.45. The second-order valence-corrected chi connectivity index (χ2v) is 8.66. The number of nitrogens with zero attached hydrogens (tertiary/aromatic N) is 3. The van der Waals surface area contributed by atoms with E-state index in [0.29, 0.717) is 31.5 Å². The van der Waals surface area contributed by atoms with E-state index in [-0.39, 0.29) is 30.4 Å². The van der Waals surface area contributed by atoms with Gasteiger partial charge in [-0.05, 0) is 31.9 Å². The maximum absolute atomic E-state index is 12.9. The van der Waals surface area contributed by atoms with Crippen LogP contribution in [0.4, 0.5) is 4.79 Å². The molecule has 10 heteroatoms. The van der Waals surface area contributed by atoms with Crippen molar-refractivity contribution in [2.75, 3.05) is 13.2 Å². The Morgan fingerprint density at radius 1 is 1.34 bits per heavy atom. The van der Waals surface area contributed by atoms with Gasteiger partial charge in [0.25, 0.3) is 5.91 Å². The van der Waals surface area contributed by atoms with Crippen molar-refractivity contribution in [2.45, 2.75) is 38.5 Å². The van der Waals surface area contributed by atoms with Crippen LogP contribution in [0.25, 0.3) is 11.3 Å². The molecule has 4 rings (SSSR count). The molecule has 0 bridgehead atoms. The molecule has 1 aromatic heterocycles. The lowest BCUT2D eigenvalue weighted by atomic mass is 9.89. The van der Waals surface area contributed by atoms with Crippen LogP contribution < -0.4 is 5.32 Å². The zero-order valence-corrected chi connectivity index (χ0v) is 18.3. The van der Waals surface area contributed by atoms with Gasteiger partial charge in [0, 0.05) is 23.5 Å². The molecule has 0 saturated carbocycles. The molecular weight excluding hydrogens is 432 g/mol. The number of likely N-dealkylation sites (tertiary alicyclic amines) is 1. The van der Waals surface area contributed by atoms with Crippen LogP contribution in [0.15, 0.2) is 29.6 Å². The molecule has 1 aromatic carbocycles. The average Bonchev–Trinajstić information content (AvgIpc) is 3.46. The molecule has 166 valence electrons. The number of thiazole rings is 1. The number of nitrogens with one attached hydrogen (secondary N) is 1. The van der Waals surface area contributed by atoms with Crippen LogP contribution in [-0.2, 0) is 25.6 Å². The average molecular weight is 455 g/mol. The standard InChI is InChI=1S/C22H22N4O5S/c1-13-16(3-2-8-26(13)21(28)18-11-30-22(29)31-18)20(27)24-10-19-25-17(12-32-19)15-6-4-14(9-23)5-7-15/h4-7,12-13,16,18H,2-3,8,10-11H2,1H3,(H,24,27)/t13-,16-,18+/m0/s1. The number of hydrogen-bond donors (Lipinski definition) is 1. The first-order chi connectivity index (χ1) is 15.5. The minimum atomic E-state index is -0.942. The highest BCUT2D eigenvalue weighted by molar-refractivity contribution is 7.09. The summed E-state index contributed by atoms with van der Waals surface area (Å²) in [5, 5.41) is 14.5. The third kappa shape index (κ3) is 4.57. The molecule has 2 fully saturated rings. The van der Waals surface area contributed by atoms with Gasteiger partial charge in [0.05, 0.1) is 29.8 Å². The van der Waals surface area contributed by atoms with Crippen LogP contribution in [0, 0.1) is 17.2 Å². The first-order valence-corrected chi connectivity index (χ1v) is 11.2. The van der Waals surface area contributed by atoms with Gasteiger partial charge >= 0.3 is 6.16 Å². The highest BCUT2D eigenvalue weighted by Gasteiger charge is 2.41. The van der Waals surface area contributed by atoms with Crippen LogP contribution in [0.1, 0.15) is 30.3 Å². The molecule has 1 N–H and O–H groups in total. The number of cyclic esters (lactones) is 2. The van der Waals surface area contributed by atoms with Crippen molar-refractivity contribution >= 4 is 29.3 Å². The molecule has 32 heavy (non-hydrogen) atoms. The maximum Gasteiger partial charge on any atom is 0.509 e. The number of rotatable bonds is 5. The van der Waals surface area contributed by atoms with E-state index in [9.17, 15) is 14.4 Å². The van der Waals surface area contributed by atoms with Gasteiger partial charge in [-0.25, -0.2) is 9.78 Å². The second kappa shape index (κ2) is 9.36. The van der Waals surface area contributed by atoms with Crippen molar-refractivity contribution < 1.29 is 23.9 Å². The Hall–Kier alpha value is -3.45. The van der Waals surface area contributed by atoms with Crippen LogP contribution in [0.2, 0.25) is 0 Å². The van der Waals surface area contributed by atoms with Crippen molar-refractivity contribution in [1.29, 1.82) is 5.26 Å². The number of ether oxygens (including phenoxy) is 2. The summed E-state index contributed by atoms with van der Waals surface area (Å²) in [5.41, 5.74) is 2.29. The van der Waals surface area contributed by atoms with E-state index in [1.807, 2.05) is 24.4 Å². The van der Waals surface area contributed by atoms with Crippen molar-refractivity contribution in [3.63, 3.8) is 0 Å². The monoisotopic (exact) mass is 454 g/mol. The zero-order chi connectivity index (χ0) is 22.7. The Morgan fingerprint density at radius 3 is 2.81 bits per heavy atom. The summed E-state index contributed by atoms with van der Waals surface area (Å²) in [6.45, 7) is 2.55. The van der Waals surface area contributed by atoms with Crippen molar-refractivity contribution in [1.82, 2.24) is 15.2 Å². The predicted octanol–water partition coefficient (Wildman–Crippen LogP) is 2.46. The van der Waals surface area contributed by atoms with E-state index < -0.39 is 12.3 Å². The summed E-state index contributed by atoms with van der Waals surface area (Å²) in [4.78, 5) is 42.9. The molecule has 2 amide bonds. The highest BCUT2D eigenvalue weighted by atomic mass is 32.1. The smallest absolute Gasteiger partial charge is 0.430 e. The number of nitriles is 1. The molecule has 2 aliphatic heterocycles. The van der Waals surface area contributed by atoms with Crippen LogP contribution in [0.3, 0.4) is 0 Å². The molecule has 0 spiro atoms. The van der Waals surface area contributed by atoms with Crippen LogP contribution in [0.5, 0.6) is 0 Å². The summed E-state index contributed by atoms with van der Waals surface area (Å²) in [6, 6.07) is 8.94. The summed E-state index contributed by atoms with van der Waals surface area (Å²) in [6.07, 6.45) is -0.420. The molecule has 0 unspecified atom stereocenters. The number of piperidine rings is 1. The first-order valence-electron chi connectivity index (χ1n) is 10.3. The van der Waals surface area contributed by atoms with Crippen molar-refractivity contribution in [2.24, 2.45) is 5.92 Å². The molecule has 0 aliphatic carbocycles. The van der Waals surface area contributed by atoms with Crippen molar-refractivity contribution in [3.05, 3.63) is 40.2 Å². The fourth-order valence-corrected chi connectivity index (χ4v) is 4.72. The summed E-state index contributed by atoms with van der Waals surface area (Å²) in [5.74, 6) is -0.818. The SMILES string of the molecule is C[C@H]1[C@@H](C(=O)NCc2nc(-c3ccc(C#N)cc3)cs2)CCCN1C(=O)[C@H]1COC(=O)O1. The van der Waals surface area contributed by atoms with Gasteiger partial charge < -0.3 is 19.7 Å². The molecule has 0 radical (unpaired) electrons. The molecule has 9 nitrogen and oxygen atoms in total. The zero-order valence-electron chi connectivity index (χ0n) is 17.4. The van der Waals surface area contributed by atoms with Crippen LogP contribution >= 0.6 is 11.3 Å². The number of benzene rings is 1. The maximum atomic E-state index is 12.9. The van der Waals surface area contributed by atoms with E-state index in [0.717, 1.165) is 16.3 Å². The Bertz CT molecular complexity index is 1060. The lowest BCUT2D eigenvalue weighted by Gasteiger charge is -2.39. The Labute approximate surface area is 188 Å². The van der Waals surface area contributed by atoms with Gasteiger partial charge in [-0.15, -0.1) is 11.3 Å². The van der Waals surface area contributed by atoms with Crippen molar-refractivity contribution in [3.8, 4) is 17.3 Å². The Balaban J connectivity index is 1.34. The van der Waals surface area contributed by atoms with Gasteiger partial charge in [-0.2, -0.15) is 5.26 Å². The molecule has 2 aromatic rings. The number of amides is 2. The second-order valence-electron chi connectivity index (χ2n) is 7.72. The van der Waals surface area contributed by atoms with Gasteiger partial charge in [0.15, 0.2) is 0 Å². The van der Waals surface area contributed by atoms with E-state index >= 15 is 0 Å². The third-order valence-corrected chi connectivity index (χ3v) is 6.60. The molecule has 3 heterocycles. The molecular formula is C22H22N4O5S. The third-order valence-electron chi connectivity index (χ3n) is 5.75. The normalized spacial score (nSPS) is 22.6. The minimum Gasteiger partial charge on any atom is -0.430 e. The minimum absolute atomic E-state index is 0.0939. The lowest BCUT2D eigenvalue weighted by molar-refractivity contribution is -0.145. The van der Waals surface area contributed by atoms with E-state index in [4.69, 9.17) is 14.7 Å². The van der Waals surface area contributed by atoms with Gasteiger partial charge in [-0.1, -0.05) is 12.1 Å². The van der Waals surface area contributed by atoms with E-state index in [1.54, 1.807) is 17.0 Å². The van der Waals surface area contributed by atoms with Crippen LogP contribution in [-0.4, -0.2) is 53.2 Å². The molecule has 2 saturated heterocycles. The Morgan fingerprint density at radius 2 is 2.12 bits per heavy atom. The highest BCUT2D eigenvalue weighted by Crippen LogP contribution is 2.26. The topological polar surface area (TPSA) is 122 Å². The fourth-order valence-electron chi connectivity index (χ4n) is 3.97. The largest absolute Gasteiger partial charge is 0.509 e. The van der Waals surface area contributed by atoms with E-state index in [1.165, 1.54) is 11.3 Å².